The van der Waals surface area contributed by atoms with Crippen LogP contribution >= 0.6 is 0 Å². The first-order valence-electron chi connectivity index (χ1n) is 6.21. The summed E-state index contributed by atoms with van der Waals surface area (Å²) in [6.45, 7) is 9.34. The summed E-state index contributed by atoms with van der Waals surface area (Å²) in [4.78, 5) is 11.9. The maximum atomic E-state index is 11.9. The van der Waals surface area contributed by atoms with Gasteiger partial charge in [0.25, 0.3) is 0 Å². The Labute approximate surface area is 113 Å². The van der Waals surface area contributed by atoms with E-state index >= 15 is 0 Å². The zero-order chi connectivity index (χ0) is 13.8. The van der Waals surface area contributed by atoms with E-state index in [9.17, 15) is 4.79 Å². The second-order valence-corrected chi connectivity index (χ2v) is 4.26. The highest BCUT2D eigenvalue weighted by atomic mass is 16.5. The van der Waals surface area contributed by atoms with E-state index in [-0.39, 0.29) is 5.97 Å². The summed E-state index contributed by atoms with van der Waals surface area (Å²) in [6, 6.07) is 11.7. The van der Waals surface area contributed by atoms with E-state index in [4.69, 9.17) is 4.74 Å². The fraction of sp³-hybridized carbons (Fsp3) is 0.118. The number of carbonyl (C=O) groups excluding carboxylic acids is 1. The highest BCUT2D eigenvalue weighted by Crippen LogP contribution is 2.31. The molecule has 0 saturated carbocycles. The van der Waals surface area contributed by atoms with E-state index in [1.54, 1.807) is 6.08 Å². The molecule has 0 radical (unpaired) electrons. The first kappa shape index (κ1) is 13.1. The van der Waals surface area contributed by atoms with Crippen molar-refractivity contribution in [3.63, 3.8) is 0 Å². The molecule has 19 heavy (non-hydrogen) atoms. The van der Waals surface area contributed by atoms with Gasteiger partial charge in [0, 0.05) is 16.5 Å². The van der Waals surface area contributed by atoms with Crippen molar-refractivity contribution in [2.24, 2.45) is 0 Å². The molecule has 0 unspecified atom stereocenters. The van der Waals surface area contributed by atoms with Gasteiger partial charge in [-0.05, 0) is 11.8 Å². The number of hydrogen-bond donors (Lipinski definition) is 0. The van der Waals surface area contributed by atoms with Crippen LogP contribution in [0.2, 0.25) is 0 Å². The fourth-order valence-electron chi connectivity index (χ4n) is 1.84. The molecule has 0 aliphatic heterocycles. The van der Waals surface area contributed by atoms with Crippen LogP contribution in [-0.2, 0) is 4.79 Å². The van der Waals surface area contributed by atoms with Crippen LogP contribution in [0.5, 0.6) is 5.75 Å². The van der Waals surface area contributed by atoms with Gasteiger partial charge >= 0.3 is 5.97 Å². The molecule has 2 aromatic rings. The van der Waals surface area contributed by atoms with Crippen molar-refractivity contribution >= 4 is 22.8 Å². The molecule has 0 spiro atoms. The molecule has 0 aliphatic rings. The third kappa shape index (κ3) is 2.58. The number of hydrogen-bond acceptors (Lipinski definition) is 2. The fourth-order valence-corrected chi connectivity index (χ4v) is 1.84. The average Bonchev–Trinajstić information content (AvgIpc) is 2.46. The van der Waals surface area contributed by atoms with Crippen molar-refractivity contribution in [1.29, 1.82) is 0 Å². The molecule has 2 nitrogen and oxygen atoms in total. The summed E-state index contributed by atoms with van der Waals surface area (Å²) in [7, 11) is 0. The number of carbonyl (C=O) groups is 1. The van der Waals surface area contributed by atoms with Crippen molar-refractivity contribution < 1.29 is 9.53 Å². The summed E-state index contributed by atoms with van der Waals surface area (Å²) in [5, 5.41) is 1.93. The second kappa shape index (κ2) is 5.53. The van der Waals surface area contributed by atoms with E-state index in [2.05, 4.69) is 13.2 Å². The quantitative estimate of drug-likeness (QED) is 0.459. The molecule has 0 heterocycles. The van der Waals surface area contributed by atoms with Crippen molar-refractivity contribution in [2.75, 3.05) is 0 Å². The molecule has 0 saturated heterocycles. The first-order valence-corrected chi connectivity index (χ1v) is 6.21. The van der Waals surface area contributed by atoms with Gasteiger partial charge in [-0.15, -0.1) is 0 Å². The van der Waals surface area contributed by atoms with Crippen molar-refractivity contribution in [2.45, 2.75) is 13.3 Å². The zero-order valence-electron chi connectivity index (χ0n) is 11.0. The summed E-state index contributed by atoms with van der Waals surface area (Å²) in [5.41, 5.74) is 1.26. The zero-order valence-corrected chi connectivity index (χ0v) is 11.0. The molecule has 96 valence electrons. The normalized spacial score (nSPS) is 10.2. The average molecular weight is 252 g/mol. The van der Waals surface area contributed by atoms with Gasteiger partial charge in [0.15, 0.2) is 0 Å². The molecule has 0 aromatic heterocycles. The first-order chi connectivity index (χ1) is 9.17. The maximum Gasteiger partial charge on any atom is 0.338 e. The number of rotatable bonds is 4. The van der Waals surface area contributed by atoms with E-state index in [1.165, 1.54) is 0 Å². The summed E-state index contributed by atoms with van der Waals surface area (Å²) < 4.78 is 5.49. The molecule has 0 amide bonds. The van der Waals surface area contributed by atoms with Gasteiger partial charge in [-0.3, -0.25) is 0 Å². The van der Waals surface area contributed by atoms with Crippen LogP contribution in [0.1, 0.15) is 18.9 Å². The molecular formula is C17H16O2. The summed E-state index contributed by atoms with van der Waals surface area (Å²) in [5.74, 6) is 0.162. The van der Waals surface area contributed by atoms with Gasteiger partial charge in [0.2, 0.25) is 0 Å². The largest absolute Gasteiger partial charge is 0.422 e. The van der Waals surface area contributed by atoms with Gasteiger partial charge in [0.05, 0.1) is 0 Å². The van der Waals surface area contributed by atoms with Crippen LogP contribution in [0, 0.1) is 0 Å². The molecule has 0 aliphatic carbocycles. The Balaban J connectivity index is 2.53. The van der Waals surface area contributed by atoms with Gasteiger partial charge in [-0.2, -0.15) is 0 Å². The Morgan fingerprint density at radius 1 is 1.26 bits per heavy atom. The van der Waals surface area contributed by atoms with E-state index in [0.29, 0.717) is 17.7 Å². The lowest BCUT2D eigenvalue weighted by Gasteiger charge is -2.11. The third-order valence-corrected chi connectivity index (χ3v) is 3.04. The van der Waals surface area contributed by atoms with Crippen LogP contribution in [0.25, 0.3) is 16.8 Å². The SMILES string of the molecule is C=Cc1ccc2ccccc2c1OC(=O)C(=C)CC. The molecule has 0 fully saturated rings. The van der Waals surface area contributed by atoms with Crippen LogP contribution in [0.15, 0.2) is 55.1 Å². The van der Waals surface area contributed by atoms with E-state index < -0.39 is 0 Å². The van der Waals surface area contributed by atoms with E-state index in [0.717, 1.165) is 16.3 Å². The minimum atomic E-state index is -0.387. The second-order valence-electron chi connectivity index (χ2n) is 4.26. The summed E-state index contributed by atoms with van der Waals surface area (Å²) >= 11 is 0. The molecule has 2 heteroatoms. The predicted octanol–water partition coefficient (Wildman–Crippen LogP) is 4.35. The summed E-state index contributed by atoms with van der Waals surface area (Å²) in [6.07, 6.45) is 2.26. The maximum absolute atomic E-state index is 11.9. The topological polar surface area (TPSA) is 26.3 Å². The lowest BCUT2D eigenvalue weighted by Crippen LogP contribution is -2.10. The monoisotopic (exact) mass is 252 g/mol. The van der Waals surface area contributed by atoms with Gasteiger partial charge in [-0.1, -0.05) is 62.6 Å². The Morgan fingerprint density at radius 2 is 2.00 bits per heavy atom. The van der Waals surface area contributed by atoms with Gasteiger partial charge in [-0.25, -0.2) is 4.79 Å². The molecule has 2 rings (SSSR count). The van der Waals surface area contributed by atoms with Crippen molar-refractivity contribution in [3.8, 4) is 5.75 Å². The molecular weight excluding hydrogens is 236 g/mol. The van der Waals surface area contributed by atoms with Crippen molar-refractivity contribution in [1.82, 2.24) is 0 Å². The molecule has 0 atom stereocenters. The predicted molar refractivity (Wildman–Crippen MR) is 79.1 cm³/mol. The minimum absolute atomic E-state index is 0.387. The Kier molecular flexibility index (Phi) is 3.81. The van der Waals surface area contributed by atoms with E-state index in [1.807, 2.05) is 43.3 Å². The Bertz CT molecular complexity index is 653. The van der Waals surface area contributed by atoms with Crippen LogP contribution in [-0.4, -0.2) is 5.97 Å². The van der Waals surface area contributed by atoms with Crippen LogP contribution in [0.3, 0.4) is 0 Å². The van der Waals surface area contributed by atoms with Gasteiger partial charge < -0.3 is 4.74 Å². The van der Waals surface area contributed by atoms with Gasteiger partial charge in [0.1, 0.15) is 5.75 Å². The lowest BCUT2D eigenvalue weighted by molar-refractivity contribution is -0.130. The number of esters is 1. The molecule has 0 bridgehead atoms. The Hall–Kier alpha value is -2.35. The number of fused-ring (bicyclic) bond motifs is 1. The highest BCUT2D eigenvalue weighted by molar-refractivity contribution is 5.96. The third-order valence-electron chi connectivity index (χ3n) is 3.04. The van der Waals surface area contributed by atoms with Crippen LogP contribution < -0.4 is 4.74 Å². The molecule has 0 N–H and O–H groups in total. The smallest absolute Gasteiger partial charge is 0.338 e. The van der Waals surface area contributed by atoms with Crippen molar-refractivity contribution in [3.05, 3.63) is 60.7 Å². The van der Waals surface area contributed by atoms with Crippen LogP contribution in [0.4, 0.5) is 0 Å². The number of ether oxygens (including phenoxy) is 1. The highest BCUT2D eigenvalue weighted by Gasteiger charge is 2.13. The number of benzene rings is 2. The standard InChI is InChI=1S/C17H16O2/c1-4-12(3)17(18)19-16-13(5-2)10-11-14-8-6-7-9-15(14)16/h5-11H,2-4H2,1H3. The lowest BCUT2D eigenvalue weighted by atomic mass is 10.1. The Morgan fingerprint density at radius 3 is 2.68 bits per heavy atom. The molecule has 2 aromatic carbocycles. The minimum Gasteiger partial charge on any atom is -0.422 e.